The molecular weight excluding hydrogens is 340 g/mol. The molecule has 6 nitrogen and oxygen atoms in total. The van der Waals surface area contributed by atoms with Crippen molar-refractivity contribution in [2.75, 3.05) is 16.7 Å². The average molecular weight is 360 g/mol. The first-order valence-electron chi connectivity index (χ1n) is 7.80. The molecular formula is C18H20N2O4S. The van der Waals surface area contributed by atoms with Crippen molar-refractivity contribution in [2.45, 2.75) is 25.0 Å². The highest BCUT2D eigenvalue weighted by Crippen LogP contribution is 2.33. The SMILES string of the molecule is COc1ccc(S(=O)(=O)Nc2ccccc2N2C=C(C)OC2C)cc1. The third-order valence-corrected chi connectivity index (χ3v) is 5.25. The molecule has 0 saturated heterocycles. The molecule has 1 N–H and O–H groups in total. The molecule has 3 rings (SSSR count). The summed E-state index contributed by atoms with van der Waals surface area (Å²) in [5.41, 5.74) is 1.21. The van der Waals surface area contributed by atoms with Crippen molar-refractivity contribution in [1.82, 2.24) is 0 Å². The quantitative estimate of drug-likeness (QED) is 0.883. The van der Waals surface area contributed by atoms with Crippen LogP contribution < -0.4 is 14.4 Å². The Morgan fingerprint density at radius 3 is 2.40 bits per heavy atom. The maximum Gasteiger partial charge on any atom is 0.261 e. The molecule has 7 heteroatoms. The van der Waals surface area contributed by atoms with Crippen LogP contribution in [0.3, 0.4) is 0 Å². The lowest BCUT2D eigenvalue weighted by molar-refractivity contribution is 0.163. The van der Waals surface area contributed by atoms with Gasteiger partial charge in [0.05, 0.1) is 23.4 Å². The maximum absolute atomic E-state index is 12.7. The lowest BCUT2D eigenvalue weighted by Gasteiger charge is -2.24. The average Bonchev–Trinajstić information content (AvgIpc) is 2.93. The predicted octanol–water partition coefficient (Wildman–Crippen LogP) is 3.54. The molecule has 0 aliphatic carbocycles. The molecule has 0 amide bonds. The molecule has 0 fully saturated rings. The van der Waals surface area contributed by atoms with Crippen LogP contribution in [0, 0.1) is 0 Å². The molecule has 1 heterocycles. The van der Waals surface area contributed by atoms with E-state index in [4.69, 9.17) is 9.47 Å². The number of sulfonamides is 1. The number of nitrogens with one attached hydrogen (secondary N) is 1. The van der Waals surface area contributed by atoms with Gasteiger partial charge in [-0.15, -0.1) is 0 Å². The smallest absolute Gasteiger partial charge is 0.261 e. The second-order valence-corrected chi connectivity index (χ2v) is 7.34. The number of methoxy groups -OCH3 is 1. The second-order valence-electron chi connectivity index (χ2n) is 5.66. The van der Waals surface area contributed by atoms with E-state index in [0.29, 0.717) is 11.4 Å². The number of nitrogens with zero attached hydrogens (tertiary/aromatic N) is 1. The number of benzene rings is 2. The molecule has 25 heavy (non-hydrogen) atoms. The van der Waals surface area contributed by atoms with Crippen LogP contribution in [0.1, 0.15) is 13.8 Å². The molecule has 1 atom stereocenters. The summed E-state index contributed by atoms with van der Waals surface area (Å²) in [7, 11) is -2.18. The number of para-hydroxylation sites is 2. The van der Waals surface area contributed by atoms with Crippen LogP contribution >= 0.6 is 0 Å². The zero-order chi connectivity index (χ0) is 18.0. The summed E-state index contributed by atoms with van der Waals surface area (Å²) in [4.78, 5) is 2.06. The van der Waals surface area contributed by atoms with Crippen molar-refractivity contribution >= 4 is 21.4 Å². The van der Waals surface area contributed by atoms with E-state index < -0.39 is 10.0 Å². The Kier molecular flexibility index (Phi) is 4.59. The third kappa shape index (κ3) is 3.56. The van der Waals surface area contributed by atoms with E-state index >= 15 is 0 Å². The van der Waals surface area contributed by atoms with Gasteiger partial charge >= 0.3 is 0 Å². The first-order valence-corrected chi connectivity index (χ1v) is 9.28. The van der Waals surface area contributed by atoms with E-state index in [0.717, 1.165) is 11.4 Å². The number of anilines is 2. The van der Waals surface area contributed by atoms with Gasteiger partial charge in [-0.05, 0) is 50.2 Å². The molecule has 0 bridgehead atoms. The normalized spacial score (nSPS) is 17.0. The summed E-state index contributed by atoms with van der Waals surface area (Å²) < 4.78 is 38.7. The van der Waals surface area contributed by atoms with Gasteiger partial charge in [0.1, 0.15) is 11.5 Å². The van der Waals surface area contributed by atoms with Crippen LogP contribution in [0.5, 0.6) is 5.75 Å². The summed E-state index contributed by atoms with van der Waals surface area (Å²) in [6, 6.07) is 13.5. The van der Waals surface area contributed by atoms with Gasteiger partial charge in [0.15, 0.2) is 6.23 Å². The summed E-state index contributed by atoms with van der Waals surface area (Å²) in [5.74, 6) is 1.38. The van der Waals surface area contributed by atoms with Gasteiger partial charge in [-0.25, -0.2) is 8.42 Å². The highest BCUT2D eigenvalue weighted by atomic mass is 32.2. The van der Waals surface area contributed by atoms with Gasteiger partial charge in [-0.3, -0.25) is 4.72 Å². The summed E-state index contributed by atoms with van der Waals surface area (Å²) in [6.07, 6.45) is 1.65. The number of allylic oxidation sites excluding steroid dienone is 1. The minimum atomic E-state index is -3.72. The Bertz CT molecular complexity index is 892. The zero-order valence-electron chi connectivity index (χ0n) is 14.3. The Morgan fingerprint density at radius 1 is 1.12 bits per heavy atom. The van der Waals surface area contributed by atoms with Crippen LogP contribution in [0.2, 0.25) is 0 Å². The molecule has 1 aliphatic rings. The number of rotatable bonds is 5. The molecule has 2 aromatic carbocycles. The lowest BCUT2D eigenvalue weighted by atomic mass is 10.2. The van der Waals surface area contributed by atoms with Crippen LogP contribution in [0.25, 0.3) is 0 Å². The number of ether oxygens (including phenoxy) is 2. The molecule has 0 radical (unpaired) electrons. The first-order chi connectivity index (χ1) is 11.9. The summed E-state index contributed by atoms with van der Waals surface area (Å²) >= 11 is 0. The van der Waals surface area contributed by atoms with Gasteiger partial charge < -0.3 is 14.4 Å². The van der Waals surface area contributed by atoms with E-state index in [1.807, 2.05) is 37.1 Å². The topological polar surface area (TPSA) is 67.9 Å². The molecule has 2 aromatic rings. The van der Waals surface area contributed by atoms with Crippen molar-refractivity contribution in [2.24, 2.45) is 0 Å². The first kappa shape index (κ1) is 17.2. The zero-order valence-corrected chi connectivity index (χ0v) is 15.1. The van der Waals surface area contributed by atoms with Crippen molar-refractivity contribution in [1.29, 1.82) is 0 Å². The number of hydrogen-bond donors (Lipinski definition) is 1. The van der Waals surface area contributed by atoms with Crippen LogP contribution in [-0.2, 0) is 14.8 Å². The van der Waals surface area contributed by atoms with Gasteiger partial charge in [0.2, 0.25) is 0 Å². The van der Waals surface area contributed by atoms with E-state index in [1.165, 1.54) is 19.2 Å². The van der Waals surface area contributed by atoms with E-state index in [2.05, 4.69) is 4.72 Å². The van der Waals surface area contributed by atoms with E-state index in [-0.39, 0.29) is 11.1 Å². The van der Waals surface area contributed by atoms with Crippen LogP contribution in [0.15, 0.2) is 65.4 Å². The molecule has 0 saturated carbocycles. The minimum Gasteiger partial charge on any atom is -0.497 e. The largest absolute Gasteiger partial charge is 0.497 e. The standard InChI is InChI=1S/C18H20N2O4S/c1-13-12-20(14(2)24-13)18-7-5-4-6-17(18)19-25(21,22)16-10-8-15(23-3)9-11-16/h4-12,14,19H,1-3H3. The lowest BCUT2D eigenvalue weighted by Crippen LogP contribution is -2.26. The van der Waals surface area contributed by atoms with Crippen molar-refractivity contribution in [3.63, 3.8) is 0 Å². The van der Waals surface area contributed by atoms with E-state index in [1.54, 1.807) is 24.3 Å². The van der Waals surface area contributed by atoms with Gasteiger partial charge in [0, 0.05) is 6.20 Å². The van der Waals surface area contributed by atoms with Crippen molar-refractivity contribution in [3.05, 3.63) is 60.5 Å². The monoisotopic (exact) mass is 360 g/mol. The molecule has 0 aromatic heterocycles. The van der Waals surface area contributed by atoms with Gasteiger partial charge in [-0.2, -0.15) is 0 Å². The molecule has 0 spiro atoms. The number of hydrogen-bond acceptors (Lipinski definition) is 5. The minimum absolute atomic E-state index is 0.167. The van der Waals surface area contributed by atoms with Crippen LogP contribution in [-0.4, -0.2) is 21.8 Å². The highest BCUT2D eigenvalue weighted by Gasteiger charge is 2.24. The Hall–Kier alpha value is -2.67. The highest BCUT2D eigenvalue weighted by molar-refractivity contribution is 7.92. The maximum atomic E-state index is 12.7. The van der Waals surface area contributed by atoms with E-state index in [9.17, 15) is 8.42 Å². The Morgan fingerprint density at radius 2 is 1.80 bits per heavy atom. The summed E-state index contributed by atoms with van der Waals surface area (Å²) in [6.45, 7) is 3.77. The van der Waals surface area contributed by atoms with Crippen LogP contribution in [0.4, 0.5) is 11.4 Å². The fourth-order valence-corrected chi connectivity index (χ4v) is 3.74. The fraction of sp³-hybridized carbons (Fsp3) is 0.222. The molecule has 1 unspecified atom stereocenters. The van der Waals surface area contributed by atoms with Gasteiger partial charge in [-0.1, -0.05) is 12.1 Å². The predicted molar refractivity (Wildman–Crippen MR) is 97.0 cm³/mol. The fourth-order valence-electron chi connectivity index (χ4n) is 2.67. The van der Waals surface area contributed by atoms with Crippen molar-refractivity contribution in [3.8, 4) is 5.75 Å². The van der Waals surface area contributed by atoms with Crippen molar-refractivity contribution < 1.29 is 17.9 Å². The summed E-state index contributed by atoms with van der Waals surface area (Å²) in [5, 5.41) is 0. The third-order valence-electron chi connectivity index (χ3n) is 3.87. The second kappa shape index (κ2) is 6.68. The Labute approximate surface area is 147 Å². The molecule has 132 valence electrons. The van der Waals surface area contributed by atoms with Gasteiger partial charge in [0.25, 0.3) is 10.0 Å². The Balaban J connectivity index is 1.92. The molecule has 1 aliphatic heterocycles.